The van der Waals surface area contributed by atoms with Gasteiger partial charge in [-0.05, 0) is 37.3 Å². The number of rotatable bonds is 10. The Hall–Kier alpha value is -1.46. The third-order valence-electron chi connectivity index (χ3n) is 3.78. The summed E-state index contributed by atoms with van der Waals surface area (Å²) in [5, 5.41) is 23.4. The van der Waals surface area contributed by atoms with Crippen molar-refractivity contribution in [2.45, 2.75) is 45.6 Å². The zero-order valence-corrected chi connectivity index (χ0v) is 12.9. The molecular formula is C16H26N2O3. The molecule has 0 bridgehead atoms. The van der Waals surface area contributed by atoms with E-state index < -0.39 is 0 Å². The summed E-state index contributed by atoms with van der Waals surface area (Å²) in [6.45, 7) is 5.25. The van der Waals surface area contributed by atoms with Gasteiger partial charge in [-0.15, -0.1) is 0 Å². The highest BCUT2D eigenvalue weighted by molar-refractivity contribution is 5.35. The predicted molar refractivity (Wildman–Crippen MR) is 84.2 cm³/mol. The average molecular weight is 294 g/mol. The number of benzene rings is 1. The Morgan fingerprint density at radius 2 is 2.10 bits per heavy atom. The number of nitro groups is 1. The lowest BCUT2D eigenvalue weighted by atomic mass is 9.98. The summed E-state index contributed by atoms with van der Waals surface area (Å²) in [6.07, 6.45) is 3.85. The lowest BCUT2D eigenvalue weighted by Gasteiger charge is -2.22. The zero-order chi connectivity index (χ0) is 15.7. The van der Waals surface area contributed by atoms with Crippen LogP contribution in [0.15, 0.2) is 24.3 Å². The van der Waals surface area contributed by atoms with Crippen LogP contribution < -0.4 is 5.32 Å². The van der Waals surface area contributed by atoms with Gasteiger partial charge in [-0.2, -0.15) is 0 Å². The Balaban J connectivity index is 2.69. The molecule has 0 aliphatic heterocycles. The van der Waals surface area contributed by atoms with Gasteiger partial charge in [0.25, 0.3) is 5.69 Å². The van der Waals surface area contributed by atoms with Crippen molar-refractivity contribution in [1.29, 1.82) is 0 Å². The van der Waals surface area contributed by atoms with E-state index in [1.54, 1.807) is 12.1 Å². The minimum Gasteiger partial charge on any atom is -0.396 e. The van der Waals surface area contributed by atoms with Gasteiger partial charge in [-0.1, -0.05) is 32.4 Å². The molecule has 1 rings (SSSR count). The molecule has 1 aromatic carbocycles. The van der Waals surface area contributed by atoms with E-state index in [9.17, 15) is 10.1 Å². The average Bonchev–Trinajstić information content (AvgIpc) is 2.48. The highest BCUT2D eigenvalue weighted by atomic mass is 16.6. The largest absolute Gasteiger partial charge is 0.396 e. The molecule has 0 aliphatic rings. The van der Waals surface area contributed by atoms with Crippen molar-refractivity contribution in [1.82, 2.24) is 5.32 Å². The van der Waals surface area contributed by atoms with Gasteiger partial charge >= 0.3 is 0 Å². The second-order valence-electron chi connectivity index (χ2n) is 5.39. The molecule has 0 saturated carbocycles. The molecule has 5 heteroatoms. The highest BCUT2D eigenvalue weighted by Gasteiger charge is 2.15. The van der Waals surface area contributed by atoms with Crippen LogP contribution in [0.4, 0.5) is 5.69 Å². The van der Waals surface area contributed by atoms with E-state index in [2.05, 4.69) is 19.2 Å². The maximum atomic E-state index is 10.9. The van der Waals surface area contributed by atoms with Crippen LogP contribution in [-0.4, -0.2) is 23.2 Å². The number of nitro benzene ring substituents is 1. The van der Waals surface area contributed by atoms with Crippen molar-refractivity contribution in [2.24, 2.45) is 5.92 Å². The fraction of sp³-hybridized carbons (Fsp3) is 0.625. The van der Waals surface area contributed by atoms with Crippen molar-refractivity contribution in [2.75, 3.05) is 13.2 Å². The minimum absolute atomic E-state index is 0.114. The van der Waals surface area contributed by atoms with Crippen molar-refractivity contribution in [3.63, 3.8) is 0 Å². The van der Waals surface area contributed by atoms with E-state index in [1.807, 2.05) is 6.07 Å². The summed E-state index contributed by atoms with van der Waals surface area (Å²) in [6, 6.07) is 6.93. The van der Waals surface area contributed by atoms with Crippen molar-refractivity contribution in [3.05, 3.63) is 39.9 Å². The molecule has 2 atom stereocenters. The third-order valence-corrected chi connectivity index (χ3v) is 3.78. The van der Waals surface area contributed by atoms with Crippen LogP contribution in [0.1, 0.15) is 51.1 Å². The molecule has 0 spiro atoms. The Labute approximate surface area is 126 Å². The van der Waals surface area contributed by atoms with Crippen molar-refractivity contribution in [3.8, 4) is 0 Å². The quantitative estimate of drug-likeness (QED) is 0.512. The van der Waals surface area contributed by atoms with E-state index >= 15 is 0 Å². The maximum absolute atomic E-state index is 10.9. The first kappa shape index (κ1) is 17.6. The van der Waals surface area contributed by atoms with E-state index in [0.29, 0.717) is 5.92 Å². The zero-order valence-electron chi connectivity index (χ0n) is 12.9. The number of non-ortho nitro benzene ring substituents is 1. The second kappa shape index (κ2) is 9.47. The molecule has 0 heterocycles. The van der Waals surface area contributed by atoms with Crippen molar-refractivity contribution >= 4 is 5.69 Å². The van der Waals surface area contributed by atoms with Gasteiger partial charge in [-0.3, -0.25) is 10.1 Å². The van der Waals surface area contributed by atoms with Crippen LogP contribution in [0.25, 0.3) is 0 Å². The first-order valence-corrected chi connectivity index (χ1v) is 7.70. The standard InChI is InChI=1S/C16H26N2O3/c1-3-6-13(9-10-19)12-17-16(4-2)14-7-5-8-15(11-14)18(20)21/h5,7-8,11,13,16-17,19H,3-4,6,9-10,12H2,1-2H3. The van der Waals surface area contributed by atoms with E-state index in [4.69, 9.17) is 5.11 Å². The molecule has 2 N–H and O–H groups in total. The third kappa shape index (κ3) is 5.81. The Bertz CT molecular complexity index is 431. The van der Waals surface area contributed by atoms with Crippen LogP contribution in [-0.2, 0) is 0 Å². The van der Waals surface area contributed by atoms with Gasteiger partial charge in [0.2, 0.25) is 0 Å². The molecule has 0 fully saturated rings. The molecule has 118 valence electrons. The minimum atomic E-state index is -0.359. The summed E-state index contributed by atoms with van der Waals surface area (Å²) >= 11 is 0. The molecule has 2 unspecified atom stereocenters. The lowest BCUT2D eigenvalue weighted by Crippen LogP contribution is -2.27. The fourth-order valence-electron chi connectivity index (χ4n) is 2.60. The van der Waals surface area contributed by atoms with Crippen LogP contribution >= 0.6 is 0 Å². The molecule has 0 aromatic heterocycles. The highest BCUT2D eigenvalue weighted by Crippen LogP contribution is 2.22. The summed E-state index contributed by atoms with van der Waals surface area (Å²) in [5.74, 6) is 0.452. The van der Waals surface area contributed by atoms with Gasteiger partial charge < -0.3 is 10.4 Å². The van der Waals surface area contributed by atoms with E-state index in [0.717, 1.165) is 37.8 Å². The number of nitrogens with one attached hydrogen (secondary N) is 1. The number of nitrogens with zero attached hydrogens (tertiary/aromatic N) is 1. The van der Waals surface area contributed by atoms with Gasteiger partial charge in [0.15, 0.2) is 0 Å². The molecular weight excluding hydrogens is 268 g/mol. The summed E-state index contributed by atoms with van der Waals surface area (Å²) in [4.78, 5) is 10.5. The number of aliphatic hydroxyl groups is 1. The van der Waals surface area contributed by atoms with Crippen LogP contribution in [0.5, 0.6) is 0 Å². The van der Waals surface area contributed by atoms with Gasteiger partial charge in [0.1, 0.15) is 0 Å². The normalized spacial score (nSPS) is 13.9. The predicted octanol–water partition coefficient (Wildman–Crippen LogP) is 3.43. The molecule has 5 nitrogen and oxygen atoms in total. The maximum Gasteiger partial charge on any atom is 0.269 e. The summed E-state index contributed by atoms with van der Waals surface area (Å²) in [5.41, 5.74) is 1.08. The first-order valence-electron chi connectivity index (χ1n) is 7.70. The van der Waals surface area contributed by atoms with Crippen molar-refractivity contribution < 1.29 is 10.0 Å². The fourth-order valence-corrected chi connectivity index (χ4v) is 2.60. The second-order valence-corrected chi connectivity index (χ2v) is 5.39. The topological polar surface area (TPSA) is 75.4 Å². The smallest absolute Gasteiger partial charge is 0.269 e. The number of hydrogen-bond donors (Lipinski definition) is 2. The molecule has 0 saturated heterocycles. The van der Waals surface area contributed by atoms with Gasteiger partial charge in [0, 0.05) is 24.8 Å². The Morgan fingerprint density at radius 1 is 1.33 bits per heavy atom. The van der Waals surface area contributed by atoms with Gasteiger partial charge in [0.05, 0.1) is 4.92 Å². The first-order chi connectivity index (χ1) is 10.1. The summed E-state index contributed by atoms with van der Waals surface area (Å²) in [7, 11) is 0. The Kier molecular flexibility index (Phi) is 7.93. The molecule has 0 aliphatic carbocycles. The number of hydrogen-bond acceptors (Lipinski definition) is 4. The molecule has 0 radical (unpaired) electrons. The molecule has 1 aromatic rings. The Morgan fingerprint density at radius 3 is 2.67 bits per heavy atom. The number of aliphatic hydroxyl groups excluding tert-OH is 1. The SMILES string of the molecule is CCCC(CCO)CNC(CC)c1cccc([N+](=O)[O-])c1. The lowest BCUT2D eigenvalue weighted by molar-refractivity contribution is -0.384. The summed E-state index contributed by atoms with van der Waals surface area (Å²) < 4.78 is 0. The van der Waals surface area contributed by atoms with Gasteiger partial charge in [-0.25, -0.2) is 0 Å². The van der Waals surface area contributed by atoms with Crippen LogP contribution in [0, 0.1) is 16.0 Å². The monoisotopic (exact) mass is 294 g/mol. The van der Waals surface area contributed by atoms with Crippen LogP contribution in [0.3, 0.4) is 0 Å². The van der Waals surface area contributed by atoms with E-state index in [-0.39, 0.29) is 23.3 Å². The molecule has 21 heavy (non-hydrogen) atoms. The molecule has 0 amide bonds. The van der Waals surface area contributed by atoms with E-state index in [1.165, 1.54) is 6.07 Å². The van der Waals surface area contributed by atoms with Crippen LogP contribution in [0.2, 0.25) is 0 Å².